The van der Waals surface area contributed by atoms with Gasteiger partial charge >= 0.3 is 0 Å². The van der Waals surface area contributed by atoms with Crippen molar-refractivity contribution in [2.75, 3.05) is 60.1 Å². The van der Waals surface area contributed by atoms with Gasteiger partial charge < -0.3 is 19.7 Å². The van der Waals surface area contributed by atoms with Crippen molar-refractivity contribution in [2.24, 2.45) is 0 Å². The van der Waals surface area contributed by atoms with Crippen LogP contribution in [0.15, 0.2) is 0 Å². The molecule has 116 valence electrons. The molecule has 2 heterocycles. The first-order chi connectivity index (χ1) is 9.66. The first-order valence-corrected chi connectivity index (χ1v) is 7.51. The first-order valence-electron chi connectivity index (χ1n) is 7.51. The van der Waals surface area contributed by atoms with Gasteiger partial charge in [-0.2, -0.15) is 0 Å². The zero-order valence-electron chi connectivity index (χ0n) is 12.6. The molecule has 2 aliphatic rings. The second-order valence-corrected chi connectivity index (χ2v) is 5.74. The Balaban J connectivity index is 1.71. The molecule has 0 unspecified atom stereocenters. The molecule has 0 aromatic carbocycles. The van der Waals surface area contributed by atoms with Crippen molar-refractivity contribution in [1.29, 1.82) is 0 Å². The summed E-state index contributed by atoms with van der Waals surface area (Å²) in [5, 5.41) is 3.35. The second-order valence-electron chi connectivity index (χ2n) is 5.74. The summed E-state index contributed by atoms with van der Waals surface area (Å²) in [5.41, 5.74) is 0. The summed E-state index contributed by atoms with van der Waals surface area (Å²) >= 11 is 0. The predicted molar refractivity (Wildman–Crippen MR) is 76.7 cm³/mol. The topological polar surface area (TPSA) is 54.0 Å². The van der Waals surface area contributed by atoms with Crippen molar-refractivity contribution in [3.05, 3.63) is 0 Å². The standard InChI is InChI=1S/C14H27N3O3/c1-16(12-3-5-15-6-4-12)10-14(18)17(2)9-13-11-19-7-8-20-13/h12-13,15H,3-11H2,1-2H3/t13-/m0/s1. The van der Waals surface area contributed by atoms with E-state index in [0.29, 0.717) is 39.0 Å². The average molecular weight is 285 g/mol. The summed E-state index contributed by atoms with van der Waals surface area (Å²) in [6, 6.07) is 0.517. The SMILES string of the molecule is CN(C[C@H]1COCCO1)C(=O)CN(C)C1CCNCC1. The van der Waals surface area contributed by atoms with E-state index >= 15 is 0 Å². The molecule has 0 aromatic rings. The van der Waals surface area contributed by atoms with Gasteiger partial charge in [-0.05, 0) is 33.0 Å². The Morgan fingerprint density at radius 2 is 2.00 bits per heavy atom. The molecule has 0 aromatic heterocycles. The molecular formula is C14H27N3O3. The van der Waals surface area contributed by atoms with Crippen LogP contribution in [0.5, 0.6) is 0 Å². The number of hydrogen-bond acceptors (Lipinski definition) is 5. The Hall–Kier alpha value is -0.690. The van der Waals surface area contributed by atoms with Gasteiger partial charge in [0.2, 0.25) is 5.91 Å². The minimum absolute atomic E-state index is 0.0156. The average Bonchev–Trinajstić information content (AvgIpc) is 2.49. The Morgan fingerprint density at radius 1 is 1.25 bits per heavy atom. The molecule has 0 bridgehead atoms. The van der Waals surface area contributed by atoms with E-state index in [1.807, 2.05) is 14.1 Å². The highest BCUT2D eigenvalue weighted by Gasteiger charge is 2.23. The molecule has 1 atom stereocenters. The summed E-state index contributed by atoms with van der Waals surface area (Å²) in [6.45, 7) is 5.06. The molecule has 1 N–H and O–H groups in total. The molecule has 6 nitrogen and oxygen atoms in total. The maximum absolute atomic E-state index is 12.2. The normalized spacial score (nSPS) is 24.9. The summed E-state index contributed by atoms with van der Waals surface area (Å²) < 4.78 is 10.9. The lowest BCUT2D eigenvalue weighted by Gasteiger charge is -2.33. The summed E-state index contributed by atoms with van der Waals surface area (Å²) in [7, 11) is 3.89. The highest BCUT2D eigenvalue weighted by Crippen LogP contribution is 2.10. The zero-order chi connectivity index (χ0) is 14.4. The number of nitrogens with one attached hydrogen (secondary N) is 1. The molecule has 2 rings (SSSR count). The molecule has 0 saturated carbocycles. The van der Waals surface area contributed by atoms with Crippen LogP contribution in [0.4, 0.5) is 0 Å². The fourth-order valence-electron chi connectivity index (χ4n) is 2.76. The van der Waals surface area contributed by atoms with Crippen LogP contribution < -0.4 is 5.32 Å². The van der Waals surface area contributed by atoms with Crippen LogP contribution in [0.1, 0.15) is 12.8 Å². The minimum Gasteiger partial charge on any atom is -0.376 e. The smallest absolute Gasteiger partial charge is 0.236 e. The predicted octanol–water partition coefficient (Wildman–Crippen LogP) is -0.456. The van der Waals surface area contributed by atoms with Gasteiger partial charge in [0.05, 0.1) is 32.5 Å². The molecule has 0 radical (unpaired) electrons. The zero-order valence-corrected chi connectivity index (χ0v) is 12.6. The van der Waals surface area contributed by atoms with E-state index in [9.17, 15) is 4.79 Å². The third-order valence-electron chi connectivity index (χ3n) is 4.10. The number of carbonyl (C=O) groups excluding carboxylic acids is 1. The van der Waals surface area contributed by atoms with E-state index in [4.69, 9.17) is 9.47 Å². The number of amides is 1. The molecule has 0 spiro atoms. The van der Waals surface area contributed by atoms with Crippen LogP contribution in [-0.2, 0) is 14.3 Å². The lowest BCUT2D eigenvalue weighted by atomic mass is 10.1. The molecule has 2 fully saturated rings. The van der Waals surface area contributed by atoms with Gasteiger partial charge in [0, 0.05) is 19.6 Å². The van der Waals surface area contributed by atoms with E-state index in [1.165, 1.54) is 0 Å². The van der Waals surface area contributed by atoms with Crippen molar-refractivity contribution in [3.63, 3.8) is 0 Å². The first kappa shape index (κ1) is 15.7. The van der Waals surface area contributed by atoms with Gasteiger partial charge in [0.25, 0.3) is 0 Å². The fourth-order valence-corrected chi connectivity index (χ4v) is 2.76. The van der Waals surface area contributed by atoms with Crippen LogP contribution in [0.3, 0.4) is 0 Å². The minimum atomic E-state index is 0.0156. The van der Waals surface area contributed by atoms with E-state index in [2.05, 4.69) is 10.2 Å². The van der Waals surface area contributed by atoms with E-state index in [0.717, 1.165) is 25.9 Å². The summed E-state index contributed by atoms with van der Waals surface area (Å²) in [5.74, 6) is 0.153. The van der Waals surface area contributed by atoms with E-state index < -0.39 is 0 Å². The van der Waals surface area contributed by atoms with Gasteiger partial charge in [-0.15, -0.1) is 0 Å². The van der Waals surface area contributed by atoms with Crippen molar-refractivity contribution in [3.8, 4) is 0 Å². The van der Waals surface area contributed by atoms with Crippen LogP contribution >= 0.6 is 0 Å². The number of ether oxygens (including phenoxy) is 2. The summed E-state index contributed by atoms with van der Waals surface area (Å²) in [6.07, 6.45) is 2.25. The molecule has 20 heavy (non-hydrogen) atoms. The lowest BCUT2D eigenvalue weighted by molar-refractivity contribution is -0.137. The van der Waals surface area contributed by atoms with Crippen LogP contribution in [0, 0.1) is 0 Å². The monoisotopic (exact) mass is 285 g/mol. The van der Waals surface area contributed by atoms with Crippen LogP contribution in [0.25, 0.3) is 0 Å². The number of likely N-dealkylation sites (N-methyl/N-ethyl adjacent to an activating group) is 2. The Labute approximate surface area is 121 Å². The third-order valence-corrected chi connectivity index (χ3v) is 4.10. The highest BCUT2D eigenvalue weighted by atomic mass is 16.6. The Morgan fingerprint density at radius 3 is 2.65 bits per heavy atom. The van der Waals surface area contributed by atoms with Crippen molar-refractivity contribution in [1.82, 2.24) is 15.1 Å². The number of piperidine rings is 1. The molecular weight excluding hydrogens is 258 g/mol. The summed E-state index contributed by atoms with van der Waals surface area (Å²) in [4.78, 5) is 16.2. The number of nitrogens with zero attached hydrogens (tertiary/aromatic N) is 2. The molecule has 6 heteroatoms. The quantitative estimate of drug-likeness (QED) is 0.741. The van der Waals surface area contributed by atoms with Crippen LogP contribution in [0.2, 0.25) is 0 Å². The van der Waals surface area contributed by atoms with Gasteiger partial charge in [0.15, 0.2) is 0 Å². The van der Waals surface area contributed by atoms with Gasteiger partial charge in [0.1, 0.15) is 0 Å². The van der Waals surface area contributed by atoms with Gasteiger partial charge in [-0.1, -0.05) is 0 Å². The van der Waals surface area contributed by atoms with Crippen molar-refractivity contribution >= 4 is 5.91 Å². The lowest BCUT2D eigenvalue weighted by Crippen LogP contribution is -2.47. The second kappa shape index (κ2) is 7.93. The highest BCUT2D eigenvalue weighted by molar-refractivity contribution is 5.78. The number of carbonyl (C=O) groups is 1. The maximum Gasteiger partial charge on any atom is 0.236 e. The van der Waals surface area contributed by atoms with Gasteiger partial charge in [-0.25, -0.2) is 0 Å². The van der Waals surface area contributed by atoms with E-state index in [-0.39, 0.29) is 12.0 Å². The van der Waals surface area contributed by atoms with E-state index in [1.54, 1.807) is 4.90 Å². The van der Waals surface area contributed by atoms with Gasteiger partial charge in [-0.3, -0.25) is 9.69 Å². The van der Waals surface area contributed by atoms with Crippen LogP contribution in [-0.4, -0.2) is 87.9 Å². The third kappa shape index (κ3) is 4.70. The number of rotatable bonds is 5. The largest absolute Gasteiger partial charge is 0.376 e. The molecule has 2 saturated heterocycles. The Bertz CT molecular complexity index is 302. The maximum atomic E-state index is 12.2. The van der Waals surface area contributed by atoms with Crippen molar-refractivity contribution < 1.29 is 14.3 Å². The molecule has 2 aliphatic heterocycles. The fraction of sp³-hybridized carbons (Fsp3) is 0.929. The molecule has 1 amide bonds. The van der Waals surface area contributed by atoms with Crippen molar-refractivity contribution in [2.45, 2.75) is 25.0 Å². The Kier molecular flexibility index (Phi) is 6.22. The molecule has 0 aliphatic carbocycles. The number of hydrogen-bond donors (Lipinski definition) is 1.